The van der Waals surface area contributed by atoms with Gasteiger partial charge in [0.25, 0.3) is 0 Å². The molecule has 0 heterocycles. The third-order valence-electron chi connectivity index (χ3n) is 10.5. The van der Waals surface area contributed by atoms with E-state index in [4.69, 9.17) is 4.74 Å². The predicted octanol–water partition coefficient (Wildman–Crippen LogP) is 14.4. The second kappa shape index (κ2) is 46.1. The predicted molar refractivity (Wildman–Crippen MR) is 254 cm³/mol. The summed E-state index contributed by atoms with van der Waals surface area (Å²) in [5.41, 5.74) is 0. The highest BCUT2D eigenvalue weighted by Crippen LogP contribution is 2.16. The molecule has 0 spiro atoms. The maximum Gasteiger partial charge on any atom is 0.306 e. The molecule has 0 radical (unpaired) electrons. The molecule has 0 bridgehead atoms. The van der Waals surface area contributed by atoms with Gasteiger partial charge in [0, 0.05) is 6.42 Å². The van der Waals surface area contributed by atoms with E-state index in [1.54, 1.807) is 0 Å². The molecule has 0 rings (SSSR count). The number of hydrogen-bond donors (Lipinski definition) is 3. The fourth-order valence-corrected chi connectivity index (χ4v) is 6.85. The Balaban J connectivity index is 4.74. The van der Waals surface area contributed by atoms with Crippen LogP contribution in [0.1, 0.15) is 213 Å². The Labute approximate surface area is 363 Å². The Morgan fingerprint density at radius 1 is 0.508 bits per heavy atom. The van der Waals surface area contributed by atoms with Gasteiger partial charge in [0.05, 0.1) is 25.2 Å². The Morgan fingerprint density at radius 3 is 1.42 bits per heavy atom. The molecule has 3 unspecified atom stereocenters. The molecule has 6 nitrogen and oxygen atoms in total. The zero-order chi connectivity index (χ0) is 43.1. The lowest BCUT2D eigenvalue weighted by Crippen LogP contribution is -2.46. The summed E-state index contributed by atoms with van der Waals surface area (Å²) in [6.07, 6.45) is 59.3. The molecule has 0 saturated heterocycles. The van der Waals surface area contributed by atoms with Crippen molar-refractivity contribution in [1.29, 1.82) is 0 Å². The van der Waals surface area contributed by atoms with Crippen LogP contribution in [0.5, 0.6) is 0 Å². The van der Waals surface area contributed by atoms with Gasteiger partial charge in [0.1, 0.15) is 6.10 Å². The molecule has 0 aliphatic carbocycles. The number of allylic oxidation sites excluding steroid dienone is 14. The molecule has 0 aliphatic heterocycles. The van der Waals surface area contributed by atoms with E-state index in [9.17, 15) is 19.8 Å². The average Bonchev–Trinajstić information content (AvgIpc) is 3.23. The summed E-state index contributed by atoms with van der Waals surface area (Å²) in [6.45, 7) is 6.21. The Morgan fingerprint density at radius 2 is 0.932 bits per heavy atom. The van der Waals surface area contributed by atoms with Gasteiger partial charge in [0.2, 0.25) is 5.91 Å². The Kier molecular flexibility index (Phi) is 43.8. The lowest BCUT2D eigenvalue weighted by atomic mass is 10.0. The quantitative estimate of drug-likeness (QED) is 0.0324. The molecule has 338 valence electrons. The van der Waals surface area contributed by atoms with Crippen molar-refractivity contribution in [2.24, 2.45) is 0 Å². The van der Waals surface area contributed by atoms with Crippen molar-refractivity contribution in [3.8, 4) is 0 Å². The highest BCUT2D eigenvalue weighted by atomic mass is 16.5. The largest absolute Gasteiger partial charge is 0.462 e. The first-order valence-electron chi connectivity index (χ1n) is 24.3. The second-order valence-electron chi connectivity index (χ2n) is 16.1. The molecule has 1 amide bonds. The van der Waals surface area contributed by atoms with Crippen LogP contribution in [0.3, 0.4) is 0 Å². The number of aliphatic hydroxyl groups is 2. The summed E-state index contributed by atoms with van der Waals surface area (Å²) in [4.78, 5) is 26.1. The minimum atomic E-state index is -0.806. The molecular formula is C53H91NO5. The van der Waals surface area contributed by atoms with E-state index in [0.717, 1.165) is 103 Å². The first-order valence-corrected chi connectivity index (χ1v) is 24.3. The van der Waals surface area contributed by atoms with Crippen LogP contribution in [-0.2, 0) is 14.3 Å². The number of esters is 1. The number of amides is 1. The van der Waals surface area contributed by atoms with Crippen molar-refractivity contribution in [1.82, 2.24) is 5.32 Å². The number of rotatable bonds is 42. The van der Waals surface area contributed by atoms with Gasteiger partial charge in [-0.1, -0.05) is 196 Å². The zero-order valence-corrected chi connectivity index (χ0v) is 38.4. The SMILES string of the molecule is CC/C=C\C/C=C\C/C=C\C/C=C\C/C=C\CCCC(CC(=O)NC(CO)C(O)CCCCCCCCCCC)OC(=O)CCCCCCCCC/C=C/C/C=C/CC. The molecule has 0 saturated carbocycles. The summed E-state index contributed by atoms with van der Waals surface area (Å²) in [7, 11) is 0. The highest BCUT2D eigenvalue weighted by molar-refractivity contribution is 5.77. The van der Waals surface area contributed by atoms with Crippen molar-refractivity contribution in [3.63, 3.8) is 0 Å². The normalized spacial score (nSPS) is 14.1. The van der Waals surface area contributed by atoms with Gasteiger partial charge < -0.3 is 20.3 Å². The van der Waals surface area contributed by atoms with Crippen LogP contribution < -0.4 is 5.32 Å². The third kappa shape index (κ3) is 41.6. The van der Waals surface area contributed by atoms with E-state index < -0.39 is 18.2 Å². The number of hydrogen-bond acceptors (Lipinski definition) is 5. The van der Waals surface area contributed by atoms with Crippen LogP contribution in [0.4, 0.5) is 0 Å². The molecular weight excluding hydrogens is 731 g/mol. The lowest BCUT2D eigenvalue weighted by molar-refractivity contribution is -0.151. The molecule has 6 heteroatoms. The number of carbonyl (C=O) groups is 2. The zero-order valence-electron chi connectivity index (χ0n) is 38.4. The van der Waals surface area contributed by atoms with E-state index >= 15 is 0 Å². The van der Waals surface area contributed by atoms with Gasteiger partial charge >= 0.3 is 5.97 Å². The molecule has 0 aromatic rings. The van der Waals surface area contributed by atoms with E-state index in [0.29, 0.717) is 19.3 Å². The monoisotopic (exact) mass is 822 g/mol. The van der Waals surface area contributed by atoms with Crippen molar-refractivity contribution in [2.45, 2.75) is 232 Å². The average molecular weight is 822 g/mol. The lowest BCUT2D eigenvalue weighted by Gasteiger charge is -2.24. The molecule has 0 fully saturated rings. The summed E-state index contributed by atoms with van der Waals surface area (Å²) in [5, 5.41) is 23.6. The first kappa shape index (κ1) is 56.0. The second-order valence-corrected chi connectivity index (χ2v) is 16.1. The van der Waals surface area contributed by atoms with Crippen LogP contribution >= 0.6 is 0 Å². The molecule has 0 aromatic carbocycles. The van der Waals surface area contributed by atoms with Gasteiger partial charge in [-0.2, -0.15) is 0 Å². The number of ether oxygens (including phenoxy) is 1. The van der Waals surface area contributed by atoms with E-state index in [1.165, 1.54) is 64.2 Å². The van der Waals surface area contributed by atoms with Crippen LogP contribution in [0.25, 0.3) is 0 Å². The van der Waals surface area contributed by atoms with Crippen molar-refractivity contribution in [2.75, 3.05) is 6.61 Å². The molecule has 3 N–H and O–H groups in total. The van der Waals surface area contributed by atoms with Crippen LogP contribution in [0.2, 0.25) is 0 Å². The maximum atomic E-state index is 13.1. The van der Waals surface area contributed by atoms with Crippen molar-refractivity contribution < 1.29 is 24.5 Å². The highest BCUT2D eigenvalue weighted by Gasteiger charge is 2.24. The summed E-state index contributed by atoms with van der Waals surface area (Å²) >= 11 is 0. The van der Waals surface area contributed by atoms with Gasteiger partial charge in [-0.05, 0) is 89.9 Å². The molecule has 59 heavy (non-hydrogen) atoms. The topological polar surface area (TPSA) is 95.9 Å². The maximum absolute atomic E-state index is 13.1. The van der Waals surface area contributed by atoms with Gasteiger partial charge in [-0.3, -0.25) is 9.59 Å². The number of nitrogens with one attached hydrogen (secondary N) is 1. The summed E-state index contributed by atoms with van der Waals surface area (Å²) in [5.74, 6) is -0.547. The minimum Gasteiger partial charge on any atom is -0.462 e. The Bertz CT molecular complexity index is 1150. The molecule has 3 atom stereocenters. The summed E-state index contributed by atoms with van der Waals surface area (Å²) < 4.78 is 5.89. The van der Waals surface area contributed by atoms with Gasteiger partial charge in [-0.25, -0.2) is 0 Å². The van der Waals surface area contributed by atoms with Crippen LogP contribution in [0.15, 0.2) is 85.1 Å². The van der Waals surface area contributed by atoms with Crippen LogP contribution in [0, 0.1) is 0 Å². The van der Waals surface area contributed by atoms with Gasteiger partial charge in [0.15, 0.2) is 0 Å². The fourth-order valence-electron chi connectivity index (χ4n) is 6.85. The van der Waals surface area contributed by atoms with E-state index in [2.05, 4.69) is 111 Å². The smallest absolute Gasteiger partial charge is 0.306 e. The van der Waals surface area contributed by atoms with E-state index in [1.807, 2.05) is 0 Å². The van der Waals surface area contributed by atoms with Crippen LogP contribution in [-0.4, -0.2) is 46.9 Å². The van der Waals surface area contributed by atoms with Crippen molar-refractivity contribution in [3.05, 3.63) is 85.1 Å². The molecule has 0 aromatic heterocycles. The standard InChI is InChI=1S/C53H91NO5/c1-4-7-10-13-16-19-21-23-25-26-27-28-30-33-35-38-41-44-49(59-53(58)46-43-40-37-34-31-29-24-22-20-17-14-11-8-5-2)47-52(57)54-50(48-55)51(56)45-42-39-36-32-18-15-12-9-6-3/h7-8,10-11,16-17,19-20,23,25,27-28,33,35,49-51,55-56H,4-6,9,12-15,18,21-22,24,26,29-32,34,36-48H2,1-3H3,(H,54,57)/b10-7-,11-8+,19-16-,20-17+,25-23-,28-27-,35-33-. The number of carbonyl (C=O) groups excluding carboxylic acids is 2. The third-order valence-corrected chi connectivity index (χ3v) is 10.5. The minimum absolute atomic E-state index is 0.0310. The molecule has 0 aliphatic rings. The summed E-state index contributed by atoms with van der Waals surface area (Å²) in [6, 6.07) is -0.723. The van der Waals surface area contributed by atoms with Gasteiger partial charge in [-0.15, -0.1) is 0 Å². The Hall–Kier alpha value is -2.96. The van der Waals surface area contributed by atoms with Crippen molar-refractivity contribution >= 4 is 11.9 Å². The number of unbranched alkanes of at least 4 members (excludes halogenated alkanes) is 16. The van der Waals surface area contributed by atoms with E-state index in [-0.39, 0.29) is 24.9 Å². The first-order chi connectivity index (χ1) is 29.0. The number of aliphatic hydroxyl groups excluding tert-OH is 2. The fraction of sp³-hybridized carbons (Fsp3) is 0.698.